The average molecular weight is 309 g/mol. The van der Waals surface area contributed by atoms with E-state index in [1.54, 1.807) is 0 Å². The van der Waals surface area contributed by atoms with Crippen LogP contribution in [0.3, 0.4) is 0 Å². The summed E-state index contributed by atoms with van der Waals surface area (Å²) in [6.07, 6.45) is 0.713. The number of fused-ring (bicyclic) bond motifs is 1. The Balaban J connectivity index is 1.85. The third-order valence-electron chi connectivity index (χ3n) is 4.39. The molecule has 2 aromatic carbocycles. The van der Waals surface area contributed by atoms with Crippen LogP contribution in [-0.4, -0.2) is 33.2 Å². The molecule has 4 heteroatoms. The van der Waals surface area contributed by atoms with Crippen LogP contribution >= 0.6 is 0 Å². The van der Waals surface area contributed by atoms with E-state index in [4.69, 9.17) is 4.98 Å². The Labute approximate surface area is 137 Å². The normalized spacial score (nSPS) is 12.9. The monoisotopic (exact) mass is 309 g/mol. The Bertz CT molecular complexity index is 767. The molecule has 1 N–H and O–H groups in total. The number of aryl methyl sites for hydroxylation is 1. The van der Waals surface area contributed by atoms with E-state index in [2.05, 4.69) is 41.8 Å². The Morgan fingerprint density at radius 1 is 1.09 bits per heavy atom. The largest absolute Gasteiger partial charge is 0.396 e. The van der Waals surface area contributed by atoms with E-state index in [0.717, 1.165) is 23.4 Å². The molecule has 0 aliphatic heterocycles. The van der Waals surface area contributed by atoms with Gasteiger partial charge in [0.25, 0.3) is 0 Å². The van der Waals surface area contributed by atoms with Crippen molar-refractivity contribution in [3.05, 3.63) is 66.0 Å². The highest BCUT2D eigenvalue weighted by molar-refractivity contribution is 5.75. The zero-order valence-corrected chi connectivity index (χ0v) is 13.7. The van der Waals surface area contributed by atoms with E-state index in [9.17, 15) is 5.11 Å². The summed E-state index contributed by atoms with van der Waals surface area (Å²) in [5, 5.41) is 9.43. The van der Waals surface area contributed by atoms with Crippen LogP contribution in [0.2, 0.25) is 0 Å². The molecule has 0 amide bonds. The van der Waals surface area contributed by atoms with Crippen molar-refractivity contribution < 1.29 is 5.11 Å². The summed E-state index contributed by atoms with van der Waals surface area (Å²) in [5.41, 5.74) is 3.40. The van der Waals surface area contributed by atoms with Gasteiger partial charge in [0.05, 0.1) is 17.6 Å². The highest BCUT2D eigenvalue weighted by Gasteiger charge is 2.19. The average Bonchev–Trinajstić information content (AvgIpc) is 2.89. The number of nitrogens with zero attached hydrogens (tertiary/aromatic N) is 3. The highest BCUT2D eigenvalue weighted by atomic mass is 16.3. The van der Waals surface area contributed by atoms with Gasteiger partial charge in [0.15, 0.2) is 0 Å². The summed E-state index contributed by atoms with van der Waals surface area (Å²) in [7, 11) is 4.15. The molecular weight excluding hydrogens is 286 g/mol. The molecule has 0 aliphatic rings. The predicted octanol–water partition coefficient (Wildman–Crippen LogP) is 3.13. The first kappa shape index (κ1) is 15.7. The highest BCUT2D eigenvalue weighted by Crippen LogP contribution is 2.25. The number of imidazole rings is 1. The minimum atomic E-state index is 0.173. The lowest BCUT2D eigenvalue weighted by Gasteiger charge is -2.27. The Morgan fingerprint density at radius 2 is 1.78 bits per heavy atom. The van der Waals surface area contributed by atoms with Crippen LogP contribution in [0.25, 0.3) is 11.0 Å². The molecule has 0 fully saturated rings. The Kier molecular flexibility index (Phi) is 4.74. The van der Waals surface area contributed by atoms with Crippen LogP contribution in [0.4, 0.5) is 0 Å². The molecule has 1 aromatic heterocycles. The van der Waals surface area contributed by atoms with Crippen molar-refractivity contribution in [3.63, 3.8) is 0 Å². The van der Waals surface area contributed by atoms with Crippen LogP contribution in [0.5, 0.6) is 0 Å². The van der Waals surface area contributed by atoms with E-state index in [0.29, 0.717) is 6.42 Å². The number of benzene rings is 2. The van der Waals surface area contributed by atoms with Crippen LogP contribution in [0, 0.1) is 0 Å². The molecule has 1 heterocycles. The second-order valence-corrected chi connectivity index (χ2v) is 5.93. The third kappa shape index (κ3) is 3.28. The number of hydrogen-bond acceptors (Lipinski definition) is 3. The molecule has 3 rings (SSSR count). The number of rotatable bonds is 6. The second kappa shape index (κ2) is 6.94. The van der Waals surface area contributed by atoms with Crippen LogP contribution in [-0.2, 0) is 13.6 Å². The van der Waals surface area contributed by atoms with Gasteiger partial charge < -0.3 is 9.67 Å². The van der Waals surface area contributed by atoms with E-state index in [1.807, 2.05) is 36.4 Å². The van der Waals surface area contributed by atoms with Crippen molar-refractivity contribution in [3.8, 4) is 0 Å². The number of aliphatic hydroxyl groups is 1. The fourth-order valence-electron chi connectivity index (χ4n) is 3.11. The van der Waals surface area contributed by atoms with Crippen molar-refractivity contribution in [1.29, 1.82) is 0 Å². The topological polar surface area (TPSA) is 41.3 Å². The molecule has 0 bridgehead atoms. The number of aliphatic hydroxyl groups excluding tert-OH is 1. The van der Waals surface area contributed by atoms with Gasteiger partial charge in [-0.15, -0.1) is 0 Å². The summed E-state index contributed by atoms with van der Waals surface area (Å²) in [4.78, 5) is 7.00. The number of hydrogen-bond donors (Lipinski definition) is 1. The molecule has 120 valence electrons. The Morgan fingerprint density at radius 3 is 2.48 bits per heavy atom. The fraction of sp³-hybridized carbons (Fsp3) is 0.316. The molecule has 4 nitrogen and oxygen atoms in total. The first-order chi connectivity index (χ1) is 11.2. The Hall–Kier alpha value is -2.17. The van der Waals surface area contributed by atoms with Gasteiger partial charge in [0, 0.05) is 19.7 Å². The molecule has 0 radical (unpaired) electrons. The molecule has 23 heavy (non-hydrogen) atoms. The van der Waals surface area contributed by atoms with Gasteiger partial charge in [0.1, 0.15) is 5.82 Å². The maximum atomic E-state index is 9.43. The van der Waals surface area contributed by atoms with Gasteiger partial charge in [-0.3, -0.25) is 4.90 Å². The molecule has 0 saturated heterocycles. The number of para-hydroxylation sites is 2. The first-order valence-corrected chi connectivity index (χ1v) is 7.97. The molecule has 1 atom stereocenters. The van der Waals surface area contributed by atoms with Crippen LogP contribution in [0.15, 0.2) is 54.6 Å². The van der Waals surface area contributed by atoms with Crippen molar-refractivity contribution in [2.24, 2.45) is 7.05 Å². The minimum absolute atomic E-state index is 0.173. The lowest BCUT2D eigenvalue weighted by atomic mass is 10.0. The van der Waals surface area contributed by atoms with Gasteiger partial charge in [0.2, 0.25) is 0 Å². The molecule has 3 aromatic rings. The van der Waals surface area contributed by atoms with E-state index in [1.165, 1.54) is 5.56 Å². The fourth-order valence-corrected chi connectivity index (χ4v) is 3.11. The summed E-state index contributed by atoms with van der Waals surface area (Å²) >= 11 is 0. The van der Waals surface area contributed by atoms with Gasteiger partial charge in [-0.1, -0.05) is 42.5 Å². The molecule has 0 unspecified atom stereocenters. The van der Waals surface area contributed by atoms with Gasteiger partial charge in [-0.2, -0.15) is 0 Å². The quantitative estimate of drug-likeness (QED) is 0.760. The summed E-state index contributed by atoms with van der Waals surface area (Å²) in [6, 6.07) is 18.7. The molecule has 0 aliphatic carbocycles. The van der Waals surface area contributed by atoms with Gasteiger partial charge >= 0.3 is 0 Å². The lowest BCUT2D eigenvalue weighted by molar-refractivity contribution is 0.176. The zero-order chi connectivity index (χ0) is 16.2. The molecular formula is C19H23N3O. The summed E-state index contributed by atoms with van der Waals surface area (Å²) in [6.45, 7) is 0.914. The first-order valence-electron chi connectivity index (χ1n) is 7.97. The minimum Gasteiger partial charge on any atom is -0.396 e. The molecule has 0 spiro atoms. The third-order valence-corrected chi connectivity index (χ3v) is 4.39. The second-order valence-electron chi connectivity index (χ2n) is 5.93. The summed E-state index contributed by atoms with van der Waals surface area (Å²) < 4.78 is 2.15. The lowest BCUT2D eigenvalue weighted by Crippen LogP contribution is -2.26. The smallest absolute Gasteiger partial charge is 0.123 e. The van der Waals surface area contributed by atoms with Crippen LogP contribution < -0.4 is 0 Å². The van der Waals surface area contributed by atoms with Crippen LogP contribution in [0.1, 0.15) is 23.9 Å². The summed E-state index contributed by atoms with van der Waals surface area (Å²) in [5.74, 6) is 1.03. The van der Waals surface area contributed by atoms with E-state index in [-0.39, 0.29) is 12.6 Å². The van der Waals surface area contributed by atoms with E-state index < -0.39 is 0 Å². The zero-order valence-electron chi connectivity index (χ0n) is 13.7. The van der Waals surface area contributed by atoms with Crippen molar-refractivity contribution in [2.75, 3.05) is 13.7 Å². The maximum Gasteiger partial charge on any atom is 0.123 e. The van der Waals surface area contributed by atoms with Crippen molar-refractivity contribution in [2.45, 2.75) is 19.0 Å². The maximum absolute atomic E-state index is 9.43. The van der Waals surface area contributed by atoms with Crippen molar-refractivity contribution >= 4 is 11.0 Å². The van der Waals surface area contributed by atoms with Gasteiger partial charge in [-0.25, -0.2) is 4.98 Å². The van der Waals surface area contributed by atoms with Crippen molar-refractivity contribution in [1.82, 2.24) is 14.5 Å². The van der Waals surface area contributed by atoms with E-state index >= 15 is 0 Å². The SMILES string of the molecule is CN(Cc1nc2ccccc2n1C)[C@H](CCO)c1ccccc1. The number of aromatic nitrogens is 2. The van der Waals surface area contributed by atoms with Gasteiger partial charge in [-0.05, 0) is 31.2 Å². The standard InChI is InChI=1S/C19H23N3O/c1-21(17(12-13-23)15-8-4-3-5-9-15)14-19-20-16-10-6-7-11-18(16)22(19)2/h3-11,17,23H,12-14H2,1-2H3/t17-/m1/s1. The predicted molar refractivity (Wildman–Crippen MR) is 93.1 cm³/mol. The molecule has 0 saturated carbocycles.